The molecule has 0 saturated heterocycles. The van der Waals surface area contributed by atoms with Crippen molar-refractivity contribution in [3.8, 4) is 0 Å². The number of hydrogen-bond donors (Lipinski definition) is 0. The minimum Gasteiger partial charge on any atom is -0.257 e. The molecule has 0 aliphatic carbocycles. The molecule has 3 aromatic rings. The Hall–Kier alpha value is -2.74. The van der Waals surface area contributed by atoms with Crippen LogP contribution in [0, 0.1) is 0 Å². The van der Waals surface area contributed by atoms with E-state index in [1.54, 1.807) is 6.20 Å². The van der Waals surface area contributed by atoms with Gasteiger partial charge in [0.2, 0.25) is 0 Å². The molecule has 2 aromatic heterocycles. The van der Waals surface area contributed by atoms with Crippen LogP contribution in [0.3, 0.4) is 0 Å². The molecule has 0 aliphatic heterocycles. The number of nitrogens with zero attached hydrogens (tertiary/aromatic N) is 2. The second kappa shape index (κ2) is 5.93. The van der Waals surface area contributed by atoms with E-state index in [0.29, 0.717) is 0 Å². The molecule has 0 radical (unpaired) electrons. The summed E-state index contributed by atoms with van der Waals surface area (Å²) in [6, 6.07) is 16.1. The fraction of sp³-hybridized carbons (Fsp3) is 0. The summed E-state index contributed by atoms with van der Waals surface area (Å²) >= 11 is 0. The van der Waals surface area contributed by atoms with Crippen LogP contribution in [0.25, 0.3) is 23.1 Å². The van der Waals surface area contributed by atoms with Crippen molar-refractivity contribution in [2.75, 3.05) is 0 Å². The van der Waals surface area contributed by atoms with Crippen LogP contribution >= 0.6 is 0 Å². The van der Waals surface area contributed by atoms with Crippen LogP contribution in [0.4, 0.5) is 0 Å². The molecule has 20 heavy (non-hydrogen) atoms. The summed E-state index contributed by atoms with van der Waals surface area (Å²) in [7, 11) is 0. The first kappa shape index (κ1) is 12.3. The molecule has 3 rings (SSSR count). The molecular weight excluding hydrogens is 244 g/mol. The quantitative estimate of drug-likeness (QED) is 0.652. The van der Waals surface area contributed by atoms with E-state index in [2.05, 4.69) is 34.2 Å². The first-order chi connectivity index (χ1) is 9.92. The van der Waals surface area contributed by atoms with Gasteiger partial charge < -0.3 is 0 Å². The number of hydrogen-bond acceptors (Lipinski definition) is 2. The molecule has 0 unspecified atom stereocenters. The summed E-state index contributed by atoms with van der Waals surface area (Å²) in [5.41, 5.74) is 3.14. The molecule has 1 aromatic carbocycles. The zero-order valence-corrected chi connectivity index (χ0v) is 11.0. The minimum atomic E-state index is 0.958. The highest BCUT2D eigenvalue weighted by Crippen LogP contribution is 2.14. The van der Waals surface area contributed by atoms with E-state index in [9.17, 15) is 0 Å². The maximum Gasteiger partial charge on any atom is 0.0702 e. The van der Waals surface area contributed by atoms with Gasteiger partial charge in [-0.2, -0.15) is 0 Å². The number of fused-ring (bicyclic) bond motifs is 1. The van der Waals surface area contributed by atoms with Gasteiger partial charge in [0.1, 0.15) is 0 Å². The monoisotopic (exact) mass is 258 g/mol. The molecule has 0 aliphatic rings. The Kier molecular flexibility index (Phi) is 3.65. The first-order valence-corrected chi connectivity index (χ1v) is 6.52. The van der Waals surface area contributed by atoms with Crippen molar-refractivity contribution in [1.82, 2.24) is 9.97 Å². The summed E-state index contributed by atoms with van der Waals surface area (Å²) in [4.78, 5) is 8.55. The summed E-state index contributed by atoms with van der Waals surface area (Å²) < 4.78 is 0. The molecule has 0 bridgehead atoms. The predicted molar refractivity (Wildman–Crippen MR) is 84.0 cm³/mol. The molecule has 0 amide bonds. The second-order valence-electron chi connectivity index (χ2n) is 4.43. The summed E-state index contributed by atoms with van der Waals surface area (Å²) in [5.74, 6) is 0. The lowest BCUT2D eigenvalue weighted by atomic mass is 10.1. The summed E-state index contributed by atoms with van der Waals surface area (Å²) in [6.45, 7) is 0. The van der Waals surface area contributed by atoms with E-state index >= 15 is 0 Å². The van der Waals surface area contributed by atoms with Crippen molar-refractivity contribution in [3.63, 3.8) is 0 Å². The lowest BCUT2D eigenvalue weighted by Crippen LogP contribution is -1.78. The third kappa shape index (κ3) is 2.98. The Balaban J connectivity index is 1.76. The highest BCUT2D eigenvalue weighted by Gasteiger charge is 1.93. The molecule has 0 spiro atoms. The number of benzene rings is 1. The third-order valence-corrected chi connectivity index (χ3v) is 2.98. The zero-order chi connectivity index (χ0) is 13.6. The van der Waals surface area contributed by atoms with Crippen LogP contribution in [0.1, 0.15) is 11.3 Å². The molecule has 0 fully saturated rings. The third-order valence-electron chi connectivity index (χ3n) is 2.98. The molecule has 0 saturated carbocycles. The van der Waals surface area contributed by atoms with Gasteiger partial charge in [0.15, 0.2) is 0 Å². The summed E-state index contributed by atoms with van der Waals surface area (Å²) in [5, 5.41) is 1.16. The number of allylic oxidation sites excluding steroid dienone is 2. The molecule has 2 nitrogen and oxygen atoms in total. The largest absolute Gasteiger partial charge is 0.257 e. The van der Waals surface area contributed by atoms with E-state index in [4.69, 9.17) is 0 Å². The molecule has 96 valence electrons. The van der Waals surface area contributed by atoms with Crippen molar-refractivity contribution in [2.24, 2.45) is 0 Å². The molecular formula is C18H14N2. The van der Waals surface area contributed by atoms with Gasteiger partial charge in [-0.05, 0) is 42.0 Å². The van der Waals surface area contributed by atoms with Crippen LogP contribution in [0.2, 0.25) is 0 Å². The summed E-state index contributed by atoms with van der Waals surface area (Å²) in [6.07, 6.45) is 11.7. The molecule has 2 heterocycles. The van der Waals surface area contributed by atoms with Gasteiger partial charge in [0.05, 0.1) is 11.2 Å². The zero-order valence-electron chi connectivity index (χ0n) is 11.0. The van der Waals surface area contributed by atoms with Crippen LogP contribution in [-0.2, 0) is 0 Å². The molecule has 0 atom stereocenters. The highest BCUT2D eigenvalue weighted by atomic mass is 14.6. The fourth-order valence-electron chi connectivity index (χ4n) is 1.99. The Bertz CT molecular complexity index is 758. The van der Waals surface area contributed by atoms with Gasteiger partial charge in [-0.3, -0.25) is 9.97 Å². The normalized spacial score (nSPS) is 11.6. The van der Waals surface area contributed by atoms with Gasteiger partial charge >= 0.3 is 0 Å². The standard InChI is InChI=1S/C18H14N2/c1(2-8-17-9-3-4-12-19-17)6-15-10-11-18-16(14-15)7-5-13-20-18/h1-14H. The Morgan fingerprint density at radius 1 is 0.750 bits per heavy atom. The Morgan fingerprint density at radius 2 is 1.65 bits per heavy atom. The van der Waals surface area contributed by atoms with Gasteiger partial charge in [0, 0.05) is 17.8 Å². The SMILES string of the molecule is C(C=Cc1ccccn1)=Cc1ccc2ncccc2c1. The highest BCUT2D eigenvalue weighted by molar-refractivity contribution is 5.81. The number of rotatable bonds is 3. The smallest absolute Gasteiger partial charge is 0.0702 e. The molecule has 2 heteroatoms. The van der Waals surface area contributed by atoms with Crippen LogP contribution in [0.15, 0.2) is 73.1 Å². The van der Waals surface area contributed by atoms with Gasteiger partial charge in [0.25, 0.3) is 0 Å². The molecule has 0 N–H and O–H groups in total. The minimum absolute atomic E-state index is 0.958. The van der Waals surface area contributed by atoms with E-state index < -0.39 is 0 Å². The lowest BCUT2D eigenvalue weighted by molar-refractivity contribution is 1.30. The fourth-order valence-corrected chi connectivity index (χ4v) is 1.99. The second-order valence-corrected chi connectivity index (χ2v) is 4.43. The van der Waals surface area contributed by atoms with Crippen LogP contribution in [-0.4, -0.2) is 9.97 Å². The number of aromatic nitrogens is 2. The average molecular weight is 258 g/mol. The van der Waals surface area contributed by atoms with Crippen LogP contribution in [0.5, 0.6) is 0 Å². The van der Waals surface area contributed by atoms with Gasteiger partial charge in [-0.1, -0.05) is 36.4 Å². The maximum atomic E-state index is 4.31. The van der Waals surface area contributed by atoms with E-state index in [1.165, 1.54) is 0 Å². The van der Waals surface area contributed by atoms with Crippen molar-refractivity contribution in [1.29, 1.82) is 0 Å². The average Bonchev–Trinajstić information content (AvgIpc) is 2.52. The predicted octanol–water partition coefficient (Wildman–Crippen LogP) is 4.36. The maximum absolute atomic E-state index is 4.31. The van der Waals surface area contributed by atoms with E-state index in [1.807, 2.05) is 54.8 Å². The van der Waals surface area contributed by atoms with Crippen LogP contribution < -0.4 is 0 Å². The van der Waals surface area contributed by atoms with Gasteiger partial charge in [-0.25, -0.2) is 0 Å². The Labute approximate surface area is 118 Å². The van der Waals surface area contributed by atoms with Crippen molar-refractivity contribution < 1.29 is 0 Å². The number of pyridine rings is 2. The van der Waals surface area contributed by atoms with Crippen molar-refractivity contribution in [3.05, 3.63) is 84.3 Å². The topological polar surface area (TPSA) is 25.8 Å². The van der Waals surface area contributed by atoms with Crippen molar-refractivity contribution >= 4 is 23.1 Å². The Morgan fingerprint density at radius 3 is 2.55 bits per heavy atom. The van der Waals surface area contributed by atoms with Gasteiger partial charge in [-0.15, -0.1) is 0 Å². The van der Waals surface area contributed by atoms with E-state index in [-0.39, 0.29) is 0 Å². The van der Waals surface area contributed by atoms with Crippen molar-refractivity contribution in [2.45, 2.75) is 0 Å². The lowest BCUT2D eigenvalue weighted by Gasteiger charge is -1.97. The first-order valence-electron chi connectivity index (χ1n) is 6.52. The van der Waals surface area contributed by atoms with E-state index in [0.717, 1.165) is 22.2 Å².